The maximum absolute atomic E-state index is 12.5. The Bertz CT molecular complexity index is 344. The average Bonchev–Trinajstić information content (AvgIpc) is 2.64. The highest BCUT2D eigenvalue weighted by Crippen LogP contribution is 2.23. The normalized spacial score (nSPS) is 25.6. The third-order valence-corrected chi connectivity index (χ3v) is 4.78. The van der Waals surface area contributed by atoms with E-state index in [-0.39, 0.29) is 23.9 Å². The molecule has 0 aromatic carbocycles. The Morgan fingerprint density at radius 2 is 1.70 bits per heavy atom. The van der Waals surface area contributed by atoms with Crippen LogP contribution in [0.15, 0.2) is 0 Å². The Labute approximate surface area is 122 Å². The number of hydrogen-bond donors (Lipinski definition) is 1. The van der Waals surface area contributed by atoms with Crippen LogP contribution in [0.1, 0.15) is 71.6 Å². The molecule has 114 valence electrons. The molecule has 0 aromatic rings. The summed E-state index contributed by atoms with van der Waals surface area (Å²) in [5.41, 5.74) is 0. The van der Waals surface area contributed by atoms with Crippen LogP contribution >= 0.6 is 0 Å². The molecule has 20 heavy (non-hydrogen) atoms. The molecule has 1 saturated heterocycles. The minimum absolute atomic E-state index is 0.00736. The molecule has 1 saturated carbocycles. The summed E-state index contributed by atoms with van der Waals surface area (Å²) in [6.45, 7) is 4.08. The van der Waals surface area contributed by atoms with Crippen molar-refractivity contribution in [1.82, 2.24) is 10.2 Å². The van der Waals surface area contributed by atoms with E-state index in [4.69, 9.17) is 0 Å². The molecule has 0 spiro atoms. The lowest BCUT2D eigenvalue weighted by atomic mass is 10.1. The average molecular weight is 280 g/mol. The smallest absolute Gasteiger partial charge is 0.247 e. The van der Waals surface area contributed by atoms with E-state index < -0.39 is 0 Å². The number of carbonyl (C=O) groups excluding carboxylic acids is 2. The Kier molecular flexibility index (Phi) is 5.58. The van der Waals surface area contributed by atoms with Gasteiger partial charge in [0.1, 0.15) is 0 Å². The summed E-state index contributed by atoms with van der Waals surface area (Å²) in [6, 6.07) is 0.225. The van der Waals surface area contributed by atoms with Crippen molar-refractivity contribution in [2.45, 2.75) is 89.8 Å². The summed E-state index contributed by atoms with van der Waals surface area (Å²) in [5.74, 6) is 0.0165. The van der Waals surface area contributed by atoms with Crippen molar-refractivity contribution in [3.8, 4) is 0 Å². The third-order valence-electron chi connectivity index (χ3n) is 4.78. The van der Waals surface area contributed by atoms with E-state index in [0.29, 0.717) is 12.5 Å². The van der Waals surface area contributed by atoms with E-state index in [9.17, 15) is 9.59 Å². The van der Waals surface area contributed by atoms with Gasteiger partial charge in [-0.2, -0.15) is 0 Å². The van der Waals surface area contributed by atoms with Gasteiger partial charge in [-0.25, -0.2) is 0 Å². The summed E-state index contributed by atoms with van der Waals surface area (Å²) in [6.07, 6.45) is 9.42. The summed E-state index contributed by atoms with van der Waals surface area (Å²) in [5, 5.41) is 3.46. The zero-order valence-electron chi connectivity index (χ0n) is 12.9. The van der Waals surface area contributed by atoms with Crippen molar-refractivity contribution < 1.29 is 9.59 Å². The van der Waals surface area contributed by atoms with Gasteiger partial charge in [-0.1, -0.05) is 39.5 Å². The molecule has 4 nitrogen and oxygen atoms in total. The van der Waals surface area contributed by atoms with Gasteiger partial charge in [0.25, 0.3) is 0 Å². The number of amides is 2. The van der Waals surface area contributed by atoms with E-state index in [1.165, 1.54) is 30.6 Å². The Balaban J connectivity index is 1.96. The van der Waals surface area contributed by atoms with Gasteiger partial charge >= 0.3 is 0 Å². The van der Waals surface area contributed by atoms with Crippen LogP contribution in [-0.4, -0.2) is 34.8 Å². The number of carbonyl (C=O) groups is 2. The zero-order valence-corrected chi connectivity index (χ0v) is 12.9. The van der Waals surface area contributed by atoms with E-state index in [2.05, 4.69) is 5.32 Å². The van der Waals surface area contributed by atoms with E-state index in [0.717, 1.165) is 25.7 Å². The van der Waals surface area contributed by atoms with Crippen molar-refractivity contribution in [3.05, 3.63) is 0 Å². The molecule has 1 unspecified atom stereocenters. The highest BCUT2D eigenvalue weighted by Gasteiger charge is 2.41. The van der Waals surface area contributed by atoms with Gasteiger partial charge in [0.2, 0.25) is 11.8 Å². The molecule has 2 fully saturated rings. The van der Waals surface area contributed by atoms with Crippen LogP contribution in [0.4, 0.5) is 0 Å². The van der Waals surface area contributed by atoms with Crippen LogP contribution in [0.3, 0.4) is 0 Å². The molecule has 1 aliphatic carbocycles. The lowest BCUT2D eigenvalue weighted by Crippen LogP contribution is -2.46. The molecule has 1 N–H and O–H groups in total. The van der Waals surface area contributed by atoms with Gasteiger partial charge in [0.05, 0.1) is 12.5 Å². The first-order valence-corrected chi connectivity index (χ1v) is 8.29. The van der Waals surface area contributed by atoms with Crippen molar-refractivity contribution in [2.24, 2.45) is 0 Å². The number of rotatable bonds is 5. The SMILES string of the molecule is CCC(CC)N1C(=O)CC(NC2CCCCCC2)C1=O. The van der Waals surface area contributed by atoms with Gasteiger partial charge in [-0.05, 0) is 25.7 Å². The van der Waals surface area contributed by atoms with Gasteiger partial charge in [-0.3, -0.25) is 14.5 Å². The van der Waals surface area contributed by atoms with Crippen molar-refractivity contribution in [1.29, 1.82) is 0 Å². The standard InChI is InChI=1S/C16H28N2O2/c1-3-13(4-2)18-15(19)11-14(16(18)20)17-12-9-7-5-6-8-10-12/h12-14,17H,3-11H2,1-2H3. The predicted octanol–water partition coefficient (Wildman–Crippen LogP) is 2.61. The second-order valence-electron chi connectivity index (χ2n) is 6.18. The fraction of sp³-hybridized carbons (Fsp3) is 0.875. The van der Waals surface area contributed by atoms with Crippen LogP contribution in [0.25, 0.3) is 0 Å². The number of likely N-dealkylation sites (tertiary alicyclic amines) is 1. The molecular weight excluding hydrogens is 252 g/mol. The first kappa shape index (κ1) is 15.5. The van der Waals surface area contributed by atoms with Gasteiger partial charge < -0.3 is 5.32 Å². The van der Waals surface area contributed by atoms with Crippen LogP contribution in [0, 0.1) is 0 Å². The number of nitrogens with zero attached hydrogens (tertiary/aromatic N) is 1. The molecule has 2 aliphatic rings. The molecule has 2 amide bonds. The molecule has 0 radical (unpaired) electrons. The van der Waals surface area contributed by atoms with E-state index >= 15 is 0 Å². The van der Waals surface area contributed by atoms with Gasteiger partial charge in [0, 0.05) is 12.1 Å². The summed E-state index contributed by atoms with van der Waals surface area (Å²) in [4.78, 5) is 26.1. The maximum atomic E-state index is 12.5. The van der Waals surface area contributed by atoms with E-state index in [1.807, 2.05) is 13.8 Å². The third kappa shape index (κ3) is 3.40. The largest absolute Gasteiger partial charge is 0.303 e. The second kappa shape index (κ2) is 7.21. The fourth-order valence-corrected chi connectivity index (χ4v) is 3.55. The van der Waals surface area contributed by atoms with Crippen LogP contribution in [0.5, 0.6) is 0 Å². The highest BCUT2D eigenvalue weighted by molar-refractivity contribution is 6.05. The topological polar surface area (TPSA) is 49.4 Å². The van der Waals surface area contributed by atoms with Crippen molar-refractivity contribution in [3.63, 3.8) is 0 Å². The Hall–Kier alpha value is -0.900. The molecule has 0 aromatic heterocycles. The summed E-state index contributed by atoms with van der Waals surface area (Å²) < 4.78 is 0. The molecule has 4 heteroatoms. The molecular formula is C16H28N2O2. The molecule has 1 atom stereocenters. The minimum atomic E-state index is -0.272. The minimum Gasteiger partial charge on any atom is -0.303 e. The number of imide groups is 1. The first-order valence-electron chi connectivity index (χ1n) is 8.29. The quantitative estimate of drug-likeness (QED) is 0.622. The van der Waals surface area contributed by atoms with E-state index in [1.54, 1.807) is 0 Å². The highest BCUT2D eigenvalue weighted by atomic mass is 16.2. The number of hydrogen-bond acceptors (Lipinski definition) is 3. The zero-order chi connectivity index (χ0) is 14.5. The lowest BCUT2D eigenvalue weighted by Gasteiger charge is -2.25. The van der Waals surface area contributed by atoms with Crippen LogP contribution in [-0.2, 0) is 9.59 Å². The lowest BCUT2D eigenvalue weighted by molar-refractivity contribution is -0.141. The summed E-state index contributed by atoms with van der Waals surface area (Å²) in [7, 11) is 0. The predicted molar refractivity (Wildman–Crippen MR) is 79.3 cm³/mol. The van der Waals surface area contributed by atoms with Crippen LogP contribution in [0.2, 0.25) is 0 Å². The fourth-order valence-electron chi connectivity index (χ4n) is 3.55. The maximum Gasteiger partial charge on any atom is 0.247 e. The molecule has 0 bridgehead atoms. The Morgan fingerprint density at radius 1 is 1.10 bits per heavy atom. The van der Waals surface area contributed by atoms with Crippen molar-refractivity contribution >= 4 is 11.8 Å². The van der Waals surface area contributed by atoms with Gasteiger partial charge in [0.15, 0.2) is 0 Å². The Morgan fingerprint density at radius 3 is 2.25 bits per heavy atom. The van der Waals surface area contributed by atoms with Gasteiger partial charge in [-0.15, -0.1) is 0 Å². The summed E-state index contributed by atoms with van der Waals surface area (Å²) >= 11 is 0. The molecule has 1 aliphatic heterocycles. The molecule has 1 heterocycles. The van der Waals surface area contributed by atoms with Crippen molar-refractivity contribution in [2.75, 3.05) is 0 Å². The first-order chi connectivity index (χ1) is 9.67. The van der Waals surface area contributed by atoms with Crippen LogP contribution < -0.4 is 5.32 Å². The number of nitrogens with one attached hydrogen (secondary N) is 1. The molecule has 2 rings (SSSR count). The monoisotopic (exact) mass is 280 g/mol. The second-order valence-corrected chi connectivity index (χ2v) is 6.18.